The summed E-state index contributed by atoms with van der Waals surface area (Å²) in [5, 5.41) is 6.56. The lowest BCUT2D eigenvalue weighted by molar-refractivity contribution is 0.0954. The van der Waals surface area contributed by atoms with Crippen LogP contribution in [0.5, 0.6) is 0 Å². The Morgan fingerprint density at radius 1 is 0.964 bits per heavy atom. The normalized spacial score (nSPS) is 10.4. The van der Waals surface area contributed by atoms with Gasteiger partial charge < -0.3 is 10.6 Å². The number of aryl methyl sites for hydroxylation is 1. The van der Waals surface area contributed by atoms with E-state index in [9.17, 15) is 9.59 Å². The quantitative estimate of drug-likeness (QED) is 0.647. The zero-order chi connectivity index (χ0) is 19.9. The topological polar surface area (TPSA) is 71.1 Å². The SMILES string of the molecule is CCNC(=O)c1ccc(C)c(NC(=O)c2ccc(Sc3ccccn3)cc2)c1. The molecule has 0 atom stereocenters. The van der Waals surface area contributed by atoms with E-state index in [0.717, 1.165) is 15.5 Å². The predicted molar refractivity (Wildman–Crippen MR) is 112 cm³/mol. The molecule has 6 heteroatoms. The van der Waals surface area contributed by atoms with Crippen molar-refractivity contribution in [2.45, 2.75) is 23.8 Å². The number of carbonyl (C=O) groups excluding carboxylic acids is 2. The van der Waals surface area contributed by atoms with Crippen molar-refractivity contribution in [3.05, 3.63) is 83.6 Å². The Morgan fingerprint density at radius 3 is 2.39 bits per heavy atom. The molecule has 2 amide bonds. The lowest BCUT2D eigenvalue weighted by atomic mass is 10.1. The van der Waals surface area contributed by atoms with Gasteiger partial charge in [-0.1, -0.05) is 23.9 Å². The molecule has 0 saturated carbocycles. The van der Waals surface area contributed by atoms with Gasteiger partial charge in [-0.2, -0.15) is 0 Å². The van der Waals surface area contributed by atoms with Crippen molar-refractivity contribution in [3.63, 3.8) is 0 Å². The Morgan fingerprint density at radius 2 is 1.71 bits per heavy atom. The number of amides is 2. The molecule has 3 rings (SSSR count). The summed E-state index contributed by atoms with van der Waals surface area (Å²) in [6.07, 6.45) is 1.75. The Kier molecular flexibility index (Phi) is 6.45. The molecule has 0 aliphatic heterocycles. The van der Waals surface area contributed by atoms with Crippen LogP contribution in [-0.2, 0) is 0 Å². The van der Waals surface area contributed by atoms with Gasteiger partial charge in [-0.3, -0.25) is 9.59 Å². The summed E-state index contributed by atoms with van der Waals surface area (Å²) in [4.78, 5) is 29.9. The highest BCUT2D eigenvalue weighted by Crippen LogP contribution is 2.26. The maximum Gasteiger partial charge on any atom is 0.255 e. The highest BCUT2D eigenvalue weighted by Gasteiger charge is 2.11. The predicted octanol–water partition coefficient (Wildman–Crippen LogP) is 4.54. The molecular weight excluding hydrogens is 370 g/mol. The fourth-order valence-corrected chi connectivity index (χ4v) is 3.33. The minimum atomic E-state index is -0.217. The summed E-state index contributed by atoms with van der Waals surface area (Å²) >= 11 is 1.54. The number of benzene rings is 2. The largest absolute Gasteiger partial charge is 0.352 e. The summed E-state index contributed by atoms with van der Waals surface area (Å²) in [6, 6.07) is 18.4. The Balaban J connectivity index is 1.71. The first-order chi connectivity index (χ1) is 13.6. The van der Waals surface area contributed by atoms with E-state index in [1.54, 1.807) is 30.5 Å². The number of rotatable bonds is 6. The van der Waals surface area contributed by atoms with Crippen molar-refractivity contribution in [1.29, 1.82) is 0 Å². The van der Waals surface area contributed by atoms with Crippen LogP contribution in [0.4, 0.5) is 5.69 Å². The fraction of sp³-hybridized carbons (Fsp3) is 0.136. The maximum atomic E-state index is 12.6. The van der Waals surface area contributed by atoms with E-state index in [4.69, 9.17) is 0 Å². The van der Waals surface area contributed by atoms with Crippen molar-refractivity contribution in [1.82, 2.24) is 10.3 Å². The minimum absolute atomic E-state index is 0.158. The molecule has 2 N–H and O–H groups in total. The van der Waals surface area contributed by atoms with Crippen LogP contribution in [0.25, 0.3) is 0 Å². The van der Waals surface area contributed by atoms with Gasteiger partial charge >= 0.3 is 0 Å². The molecule has 28 heavy (non-hydrogen) atoms. The van der Waals surface area contributed by atoms with Gasteiger partial charge in [0.2, 0.25) is 0 Å². The van der Waals surface area contributed by atoms with E-state index in [0.29, 0.717) is 23.4 Å². The number of anilines is 1. The number of nitrogens with zero attached hydrogens (tertiary/aromatic N) is 1. The molecule has 0 unspecified atom stereocenters. The number of nitrogens with one attached hydrogen (secondary N) is 2. The van der Waals surface area contributed by atoms with E-state index < -0.39 is 0 Å². The summed E-state index contributed by atoms with van der Waals surface area (Å²) in [5.74, 6) is -0.376. The first-order valence-corrected chi connectivity index (χ1v) is 9.77. The van der Waals surface area contributed by atoms with E-state index in [-0.39, 0.29) is 11.8 Å². The summed E-state index contributed by atoms with van der Waals surface area (Å²) in [7, 11) is 0. The minimum Gasteiger partial charge on any atom is -0.352 e. The number of hydrogen-bond donors (Lipinski definition) is 2. The molecule has 5 nitrogen and oxygen atoms in total. The Labute approximate surface area is 168 Å². The van der Waals surface area contributed by atoms with Crippen LogP contribution in [0, 0.1) is 6.92 Å². The lowest BCUT2D eigenvalue weighted by Crippen LogP contribution is -2.23. The highest BCUT2D eigenvalue weighted by molar-refractivity contribution is 7.99. The summed E-state index contributed by atoms with van der Waals surface area (Å²) in [6.45, 7) is 4.31. The molecule has 0 aliphatic carbocycles. The Hall–Kier alpha value is -3.12. The van der Waals surface area contributed by atoms with Crippen molar-refractivity contribution < 1.29 is 9.59 Å². The van der Waals surface area contributed by atoms with Crippen molar-refractivity contribution >= 4 is 29.3 Å². The molecular formula is C22H21N3O2S. The molecule has 0 aliphatic rings. The lowest BCUT2D eigenvalue weighted by Gasteiger charge is -2.11. The van der Waals surface area contributed by atoms with E-state index in [2.05, 4.69) is 15.6 Å². The smallest absolute Gasteiger partial charge is 0.255 e. The number of pyridine rings is 1. The van der Waals surface area contributed by atoms with E-state index >= 15 is 0 Å². The summed E-state index contributed by atoms with van der Waals surface area (Å²) < 4.78 is 0. The first-order valence-electron chi connectivity index (χ1n) is 8.96. The second-order valence-corrected chi connectivity index (χ2v) is 7.23. The molecule has 0 radical (unpaired) electrons. The van der Waals surface area contributed by atoms with Gasteiger partial charge in [-0.15, -0.1) is 0 Å². The molecule has 1 aromatic heterocycles. The molecule has 3 aromatic rings. The van der Waals surface area contributed by atoms with Gasteiger partial charge in [-0.25, -0.2) is 4.98 Å². The average Bonchev–Trinajstić information content (AvgIpc) is 2.71. The van der Waals surface area contributed by atoms with Crippen LogP contribution < -0.4 is 10.6 Å². The Bertz CT molecular complexity index is 973. The molecule has 0 saturated heterocycles. The monoisotopic (exact) mass is 391 g/mol. The van der Waals surface area contributed by atoms with Gasteiger partial charge in [0.1, 0.15) is 5.03 Å². The molecule has 1 heterocycles. The van der Waals surface area contributed by atoms with Gasteiger partial charge in [0.25, 0.3) is 11.8 Å². The van der Waals surface area contributed by atoms with Crippen LogP contribution in [0.2, 0.25) is 0 Å². The number of hydrogen-bond acceptors (Lipinski definition) is 4. The third-order valence-electron chi connectivity index (χ3n) is 4.06. The molecule has 0 bridgehead atoms. The second kappa shape index (κ2) is 9.19. The van der Waals surface area contributed by atoms with Crippen LogP contribution in [0.3, 0.4) is 0 Å². The van der Waals surface area contributed by atoms with E-state index in [1.807, 2.05) is 50.2 Å². The van der Waals surface area contributed by atoms with Crippen molar-refractivity contribution in [3.8, 4) is 0 Å². The zero-order valence-electron chi connectivity index (χ0n) is 15.7. The van der Waals surface area contributed by atoms with Crippen LogP contribution in [0.15, 0.2) is 76.8 Å². The highest BCUT2D eigenvalue weighted by atomic mass is 32.2. The van der Waals surface area contributed by atoms with Gasteiger partial charge in [0, 0.05) is 34.5 Å². The third kappa shape index (κ3) is 4.98. The van der Waals surface area contributed by atoms with Crippen LogP contribution in [0.1, 0.15) is 33.2 Å². The van der Waals surface area contributed by atoms with Crippen molar-refractivity contribution in [2.24, 2.45) is 0 Å². The number of aromatic nitrogens is 1. The molecule has 0 spiro atoms. The molecule has 0 fully saturated rings. The van der Waals surface area contributed by atoms with Crippen LogP contribution in [-0.4, -0.2) is 23.3 Å². The fourth-order valence-electron chi connectivity index (χ4n) is 2.56. The van der Waals surface area contributed by atoms with Crippen molar-refractivity contribution in [2.75, 3.05) is 11.9 Å². The summed E-state index contributed by atoms with van der Waals surface area (Å²) in [5.41, 5.74) is 2.59. The van der Waals surface area contributed by atoms with E-state index in [1.165, 1.54) is 11.8 Å². The standard InChI is InChI=1S/C22H21N3O2S/c1-3-23-21(26)17-8-7-15(2)19(14-17)25-22(27)16-9-11-18(12-10-16)28-20-6-4-5-13-24-20/h4-14H,3H2,1-2H3,(H,23,26)(H,25,27). The van der Waals surface area contributed by atoms with Gasteiger partial charge in [-0.05, 0) is 67.9 Å². The zero-order valence-corrected chi connectivity index (χ0v) is 16.5. The first kappa shape index (κ1) is 19.6. The van der Waals surface area contributed by atoms with Crippen LogP contribution >= 0.6 is 11.8 Å². The molecule has 142 valence electrons. The van der Waals surface area contributed by atoms with Gasteiger partial charge in [0.05, 0.1) is 0 Å². The molecule has 2 aromatic carbocycles. The third-order valence-corrected chi connectivity index (χ3v) is 5.02. The van der Waals surface area contributed by atoms with Gasteiger partial charge in [0.15, 0.2) is 0 Å². The average molecular weight is 391 g/mol. The number of carbonyl (C=O) groups is 2. The second-order valence-electron chi connectivity index (χ2n) is 6.14. The maximum absolute atomic E-state index is 12.6.